The summed E-state index contributed by atoms with van der Waals surface area (Å²) in [5.74, 6) is -0.342. The lowest BCUT2D eigenvalue weighted by Crippen LogP contribution is -2.26. The van der Waals surface area contributed by atoms with Crippen LogP contribution in [0.1, 0.15) is 20.8 Å². The van der Waals surface area contributed by atoms with Crippen LogP contribution in [0.15, 0.2) is 28.9 Å². The van der Waals surface area contributed by atoms with Crippen LogP contribution in [0.4, 0.5) is 9.18 Å². The highest BCUT2D eigenvalue weighted by molar-refractivity contribution is 9.10. The second-order valence-corrected chi connectivity index (χ2v) is 5.84. The van der Waals surface area contributed by atoms with Crippen LogP contribution in [-0.4, -0.2) is 16.3 Å². The van der Waals surface area contributed by atoms with Gasteiger partial charge in [-0.05, 0) is 54.9 Å². The molecule has 1 aromatic carbocycles. The number of nitrogens with zero attached hydrogens (tertiary/aromatic N) is 1. The van der Waals surface area contributed by atoms with Gasteiger partial charge >= 0.3 is 6.09 Å². The van der Waals surface area contributed by atoms with E-state index in [0.717, 1.165) is 0 Å². The number of aromatic nitrogens is 1. The molecule has 0 N–H and O–H groups in total. The normalized spacial score (nSPS) is 11.8. The Kier molecular flexibility index (Phi) is 3.19. The van der Waals surface area contributed by atoms with Gasteiger partial charge in [0.25, 0.3) is 0 Å². The summed E-state index contributed by atoms with van der Waals surface area (Å²) in [6.07, 6.45) is 1.10. The highest BCUT2D eigenvalue weighted by Gasteiger charge is 2.20. The summed E-state index contributed by atoms with van der Waals surface area (Å²) in [6, 6.07) is 4.25. The van der Waals surface area contributed by atoms with E-state index in [2.05, 4.69) is 15.9 Å². The lowest BCUT2D eigenvalue weighted by Gasteiger charge is -2.19. The van der Waals surface area contributed by atoms with Gasteiger partial charge in [-0.3, -0.25) is 4.57 Å². The molecule has 0 aliphatic heterocycles. The van der Waals surface area contributed by atoms with Crippen molar-refractivity contribution in [1.29, 1.82) is 0 Å². The van der Waals surface area contributed by atoms with Crippen molar-refractivity contribution in [2.75, 3.05) is 0 Å². The van der Waals surface area contributed by atoms with Crippen LogP contribution >= 0.6 is 15.9 Å². The number of hydrogen-bond acceptors (Lipinski definition) is 2. The van der Waals surface area contributed by atoms with Gasteiger partial charge in [0.1, 0.15) is 11.4 Å². The Balaban J connectivity index is 2.49. The first-order valence-corrected chi connectivity index (χ1v) is 6.27. The minimum absolute atomic E-state index is 0.342. The number of rotatable bonds is 0. The zero-order valence-corrected chi connectivity index (χ0v) is 11.9. The maximum absolute atomic E-state index is 13.2. The van der Waals surface area contributed by atoms with Crippen LogP contribution in [0, 0.1) is 5.82 Å². The van der Waals surface area contributed by atoms with Gasteiger partial charge in [-0.2, -0.15) is 0 Å². The smallest absolute Gasteiger partial charge is 0.419 e. The Bertz CT molecular complexity index is 613. The van der Waals surface area contributed by atoms with Crippen LogP contribution in [0.2, 0.25) is 0 Å². The molecule has 0 atom stereocenters. The summed E-state index contributed by atoms with van der Waals surface area (Å²) in [7, 11) is 0. The molecule has 0 fully saturated rings. The number of hydrogen-bond donors (Lipinski definition) is 0. The number of halogens is 2. The maximum Gasteiger partial charge on any atom is 0.419 e. The van der Waals surface area contributed by atoms with E-state index >= 15 is 0 Å². The Labute approximate surface area is 113 Å². The zero-order chi connectivity index (χ0) is 13.5. The summed E-state index contributed by atoms with van der Waals surface area (Å²) in [6.45, 7) is 5.39. The standard InChI is InChI=1S/C13H13BrFNO2/c1-13(2,3)18-12(17)16-7-10(14)9-6-8(15)4-5-11(9)16/h4-7H,1-3H3. The van der Waals surface area contributed by atoms with Gasteiger partial charge in [0.2, 0.25) is 0 Å². The van der Waals surface area contributed by atoms with Crippen molar-refractivity contribution in [3.63, 3.8) is 0 Å². The molecule has 0 saturated carbocycles. The number of benzene rings is 1. The molecule has 0 saturated heterocycles. The van der Waals surface area contributed by atoms with Gasteiger partial charge in [-0.25, -0.2) is 9.18 Å². The second-order valence-electron chi connectivity index (χ2n) is 4.99. The molecule has 2 aromatic rings. The van der Waals surface area contributed by atoms with Gasteiger partial charge in [0.05, 0.1) is 5.52 Å². The Hall–Kier alpha value is -1.36. The molecule has 1 aromatic heterocycles. The topological polar surface area (TPSA) is 31.2 Å². The van der Waals surface area contributed by atoms with Gasteiger partial charge < -0.3 is 4.74 Å². The molecule has 0 unspecified atom stereocenters. The average molecular weight is 314 g/mol. The summed E-state index contributed by atoms with van der Waals surface area (Å²) < 4.78 is 20.5. The molecule has 0 amide bonds. The van der Waals surface area contributed by atoms with Gasteiger partial charge in [-0.15, -0.1) is 0 Å². The summed E-state index contributed by atoms with van der Waals surface area (Å²) in [5.41, 5.74) is 0.0396. The SMILES string of the molecule is CC(C)(C)OC(=O)n1cc(Br)c2cc(F)ccc21. The molecule has 2 rings (SSSR count). The van der Waals surface area contributed by atoms with Crippen LogP contribution in [-0.2, 0) is 4.74 Å². The zero-order valence-electron chi connectivity index (χ0n) is 10.3. The first-order chi connectivity index (χ1) is 8.28. The van der Waals surface area contributed by atoms with Gasteiger partial charge in [0.15, 0.2) is 0 Å². The van der Waals surface area contributed by atoms with E-state index in [9.17, 15) is 9.18 Å². The van der Waals surface area contributed by atoms with Crippen molar-refractivity contribution in [2.24, 2.45) is 0 Å². The van der Waals surface area contributed by atoms with Crippen LogP contribution in [0.25, 0.3) is 10.9 Å². The second kappa shape index (κ2) is 4.39. The first kappa shape index (κ1) is 13.1. The van der Waals surface area contributed by atoms with Crippen molar-refractivity contribution < 1.29 is 13.9 Å². The molecule has 1 heterocycles. The fourth-order valence-corrected chi connectivity index (χ4v) is 2.15. The molecule has 3 nitrogen and oxygen atoms in total. The Morgan fingerprint density at radius 2 is 2.06 bits per heavy atom. The molecular weight excluding hydrogens is 301 g/mol. The van der Waals surface area contributed by atoms with E-state index < -0.39 is 11.7 Å². The molecule has 0 bridgehead atoms. The van der Waals surface area contributed by atoms with Crippen molar-refractivity contribution in [2.45, 2.75) is 26.4 Å². The highest BCUT2D eigenvalue weighted by atomic mass is 79.9. The Morgan fingerprint density at radius 1 is 1.39 bits per heavy atom. The van der Waals surface area contributed by atoms with Crippen molar-refractivity contribution in [3.05, 3.63) is 34.7 Å². The quantitative estimate of drug-likeness (QED) is 0.725. The summed E-state index contributed by atoms with van der Waals surface area (Å²) >= 11 is 3.30. The monoisotopic (exact) mass is 313 g/mol. The van der Waals surface area contributed by atoms with E-state index in [1.165, 1.54) is 16.7 Å². The van der Waals surface area contributed by atoms with E-state index in [0.29, 0.717) is 15.4 Å². The average Bonchev–Trinajstić information content (AvgIpc) is 2.54. The molecule has 96 valence electrons. The minimum atomic E-state index is -0.569. The van der Waals surface area contributed by atoms with Gasteiger partial charge in [-0.1, -0.05) is 0 Å². The molecule has 0 radical (unpaired) electrons. The van der Waals surface area contributed by atoms with Crippen LogP contribution in [0.5, 0.6) is 0 Å². The van der Waals surface area contributed by atoms with E-state index in [-0.39, 0.29) is 5.82 Å². The lowest BCUT2D eigenvalue weighted by atomic mass is 10.2. The first-order valence-electron chi connectivity index (χ1n) is 5.47. The fraction of sp³-hybridized carbons (Fsp3) is 0.308. The van der Waals surface area contributed by atoms with Crippen molar-refractivity contribution in [1.82, 2.24) is 4.57 Å². The van der Waals surface area contributed by atoms with Gasteiger partial charge in [0, 0.05) is 16.1 Å². The van der Waals surface area contributed by atoms with E-state index in [1.807, 2.05) is 0 Å². The van der Waals surface area contributed by atoms with E-state index in [4.69, 9.17) is 4.74 Å². The lowest BCUT2D eigenvalue weighted by molar-refractivity contribution is 0.0544. The maximum atomic E-state index is 13.2. The largest absolute Gasteiger partial charge is 0.443 e. The third-order valence-corrected chi connectivity index (χ3v) is 2.94. The summed E-state index contributed by atoms with van der Waals surface area (Å²) in [5, 5.41) is 0.640. The number of carbonyl (C=O) groups excluding carboxylic acids is 1. The predicted molar refractivity (Wildman–Crippen MR) is 71.2 cm³/mol. The number of carbonyl (C=O) groups is 1. The molecular formula is C13H13BrFNO2. The number of fused-ring (bicyclic) bond motifs is 1. The highest BCUT2D eigenvalue weighted by Crippen LogP contribution is 2.27. The molecule has 0 aliphatic rings. The molecule has 5 heteroatoms. The van der Waals surface area contributed by atoms with E-state index in [1.54, 1.807) is 33.0 Å². The molecule has 18 heavy (non-hydrogen) atoms. The van der Waals surface area contributed by atoms with Crippen molar-refractivity contribution in [3.8, 4) is 0 Å². The summed E-state index contributed by atoms with van der Waals surface area (Å²) in [4.78, 5) is 12.0. The number of ether oxygens (including phenoxy) is 1. The fourth-order valence-electron chi connectivity index (χ4n) is 1.62. The van der Waals surface area contributed by atoms with Crippen LogP contribution in [0.3, 0.4) is 0 Å². The molecule has 0 aliphatic carbocycles. The third-order valence-electron chi connectivity index (χ3n) is 2.31. The predicted octanol–water partition coefficient (Wildman–Crippen LogP) is 4.33. The molecule has 0 spiro atoms. The van der Waals surface area contributed by atoms with Crippen LogP contribution < -0.4 is 0 Å². The Morgan fingerprint density at radius 3 is 2.67 bits per heavy atom. The van der Waals surface area contributed by atoms with Crippen molar-refractivity contribution >= 4 is 32.9 Å². The minimum Gasteiger partial charge on any atom is -0.443 e. The third kappa shape index (κ3) is 2.56.